The minimum absolute atomic E-state index is 0.0301. The summed E-state index contributed by atoms with van der Waals surface area (Å²) in [4.78, 5) is 12.4. The van der Waals surface area contributed by atoms with Gasteiger partial charge in [0.25, 0.3) is 5.91 Å². The summed E-state index contributed by atoms with van der Waals surface area (Å²) in [7, 11) is 0. The maximum absolute atomic E-state index is 12.4. The molecule has 2 atom stereocenters. The summed E-state index contributed by atoms with van der Waals surface area (Å²) in [5.74, 6) is 0.603. The van der Waals surface area contributed by atoms with E-state index in [2.05, 4.69) is 17.3 Å². The fraction of sp³-hybridized carbons (Fsp3) is 0.444. The Morgan fingerprint density at radius 1 is 1.18 bits per heavy atom. The van der Waals surface area contributed by atoms with Gasteiger partial charge in [0.2, 0.25) is 0 Å². The van der Waals surface area contributed by atoms with E-state index >= 15 is 0 Å². The van der Waals surface area contributed by atoms with Crippen LogP contribution >= 0.6 is 0 Å². The number of benzene rings is 1. The van der Waals surface area contributed by atoms with Gasteiger partial charge in [-0.2, -0.15) is 5.10 Å². The quantitative estimate of drug-likeness (QED) is 0.942. The van der Waals surface area contributed by atoms with E-state index in [1.54, 1.807) is 6.20 Å². The Kier molecular flexibility index (Phi) is 4.27. The smallest absolute Gasteiger partial charge is 0.251 e. The van der Waals surface area contributed by atoms with Gasteiger partial charge < -0.3 is 5.32 Å². The normalized spacial score (nSPS) is 21.5. The molecule has 1 aromatic carbocycles. The van der Waals surface area contributed by atoms with Crippen molar-refractivity contribution in [2.75, 3.05) is 0 Å². The second-order valence-electron chi connectivity index (χ2n) is 6.27. The van der Waals surface area contributed by atoms with Crippen molar-refractivity contribution in [3.8, 4) is 5.69 Å². The zero-order valence-electron chi connectivity index (χ0n) is 13.2. The molecule has 1 amide bonds. The first-order valence-corrected chi connectivity index (χ1v) is 8.07. The van der Waals surface area contributed by atoms with Crippen LogP contribution in [0.25, 0.3) is 5.69 Å². The third kappa shape index (κ3) is 3.06. The predicted octanol–water partition coefficient (Wildman–Crippen LogP) is 3.49. The molecule has 22 heavy (non-hydrogen) atoms. The molecular weight excluding hydrogens is 274 g/mol. The highest BCUT2D eigenvalue weighted by Crippen LogP contribution is 2.24. The minimum Gasteiger partial charge on any atom is -0.349 e. The molecule has 3 rings (SSSR count). The summed E-state index contributed by atoms with van der Waals surface area (Å²) in [6.07, 6.45) is 6.58. The highest BCUT2D eigenvalue weighted by Gasteiger charge is 2.23. The fourth-order valence-electron chi connectivity index (χ4n) is 3.18. The van der Waals surface area contributed by atoms with Crippen molar-refractivity contribution in [3.63, 3.8) is 0 Å². The molecule has 1 aromatic heterocycles. The van der Waals surface area contributed by atoms with Crippen LogP contribution in [0.1, 0.15) is 48.7 Å². The van der Waals surface area contributed by atoms with Gasteiger partial charge >= 0.3 is 0 Å². The van der Waals surface area contributed by atoms with Crippen LogP contribution in [0.15, 0.2) is 36.5 Å². The molecule has 2 unspecified atom stereocenters. The highest BCUT2D eigenvalue weighted by molar-refractivity contribution is 5.94. The Labute approximate surface area is 131 Å². The highest BCUT2D eigenvalue weighted by atomic mass is 16.1. The molecule has 1 aliphatic rings. The molecule has 0 bridgehead atoms. The Balaban J connectivity index is 1.70. The number of hydrogen-bond donors (Lipinski definition) is 1. The summed E-state index contributed by atoms with van der Waals surface area (Å²) in [6, 6.07) is 9.91. The van der Waals surface area contributed by atoms with E-state index in [1.165, 1.54) is 19.3 Å². The number of carbonyl (C=O) groups is 1. The van der Waals surface area contributed by atoms with Crippen molar-refractivity contribution in [2.45, 2.75) is 45.6 Å². The molecule has 4 heteroatoms. The summed E-state index contributed by atoms with van der Waals surface area (Å²) in [5.41, 5.74) is 2.77. The molecule has 1 N–H and O–H groups in total. The van der Waals surface area contributed by atoms with Crippen LogP contribution in [0.5, 0.6) is 0 Å². The van der Waals surface area contributed by atoms with Gasteiger partial charge in [-0.25, -0.2) is 4.68 Å². The largest absolute Gasteiger partial charge is 0.349 e. The summed E-state index contributed by atoms with van der Waals surface area (Å²) < 4.78 is 1.87. The molecule has 4 nitrogen and oxygen atoms in total. The molecule has 0 aliphatic heterocycles. The first kappa shape index (κ1) is 14.8. The van der Waals surface area contributed by atoms with Crippen LogP contribution in [0.4, 0.5) is 0 Å². The van der Waals surface area contributed by atoms with Crippen LogP contribution in [0.3, 0.4) is 0 Å². The van der Waals surface area contributed by atoms with Gasteiger partial charge in [0, 0.05) is 23.5 Å². The van der Waals surface area contributed by atoms with Crippen molar-refractivity contribution in [2.24, 2.45) is 5.92 Å². The SMILES string of the molecule is Cc1ccnn1-c1ccc(C(=O)NC2CCCCC2C)cc1. The minimum atomic E-state index is 0.0301. The van der Waals surface area contributed by atoms with Gasteiger partial charge in [0.1, 0.15) is 0 Å². The second kappa shape index (κ2) is 6.34. The zero-order valence-corrected chi connectivity index (χ0v) is 13.2. The Hall–Kier alpha value is -2.10. The Bertz CT molecular complexity index is 645. The van der Waals surface area contributed by atoms with Crippen molar-refractivity contribution in [1.29, 1.82) is 0 Å². The maximum Gasteiger partial charge on any atom is 0.251 e. The van der Waals surface area contributed by atoms with Gasteiger partial charge in [-0.15, -0.1) is 0 Å². The first-order valence-electron chi connectivity index (χ1n) is 8.07. The maximum atomic E-state index is 12.4. The number of rotatable bonds is 3. The zero-order chi connectivity index (χ0) is 15.5. The van der Waals surface area contributed by atoms with E-state index in [0.29, 0.717) is 17.5 Å². The Morgan fingerprint density at radius 3 is 2.55 bits per heavy atom. The monoisotopic (exact) mass is 297 g/mol. The Morgan fingerprint density at radius 2 is 1.91 bits per heavy atom. The molecule has 0 radical (unpaired) electrons. The average molecular weight is 297 g/mol. The fourth-order valence-corrected chi connectivity index (χ4v) is 3.18. The topological polar surface area (TPSA) is 46.9 Å². The number of aromatic nitrogens is 2. The van der Waals surface area contributed by atoms with Crippen molar-refractivity contribution < 1.29 is 4.79 Å². The third-order valence-corrected chi connectivity index (χ3v) is 4.63. The molecule has 2 aromatic rings. The van der Waals surface area contributed by atoms with Gasteiger partial charge in [-0.1, -0.05) is 19.8 Å². The van der Waals surface area contributed by atoms with Crippen molar-refractivity contribution in [1.82, 2.24) is 15.1 Å². The summed E-state index contributed by atoms with van der Waals surface area (Å²) in [6.45, 7) is 4.24. The van der Waals surface area contributed by atoms with Crippen LogP contribution in [-0.4, -0.2) is 21.7 Å². The van der Waals surface area contributed by atoms with Crippen LogP contribution < -0.4 is 5.32 Å². The lowest BCUT2D eigenvalue weighted by Gasteiger charge is -2.29. The molecule has 0 spiro atoms. The van der Waals surface area contributed by atoms with Crippen LogP contribution in [0.2, 0.25) is 0 Å². The first-order chi connectivity index (χ1) is 10.6. The van der Waals surface area contributed by atoms with E-state index in [4.69, 9.17) is 0 Å². The number of aryl methyl sites for hydroxylation is 1. The average Bonchev–Trinajstić information content (AvgIpc) is 2.96. The van der Waals surface area contributed by atoms with E-state index in [9.17, 15) is 4.79 Å². The van der Waals surface area contributed by atoms with E-state index in [0.717, 1.165) is 17.8 Å². The number of hydrogen-bond acceptors (Lipinski definition) is 2. The molecule has 116 valence electrons. The van der Waals surface area contributed by atoms with Gasteiger partial charge in [0.15, 0.2) is 0 Å². The van der Waals surface area contributed by atoms with Gasteiger partial charge in [-0.05, 0) is 56.0 Å². The van der Waals surface area contributed by atoms with Crippen molar-refractivity contribution in [3.05, 3.63) is 47.8 Å². The number of carbonyl (C=O) groups excluding carboxylic acids is 1. The van der Waals surface area contributed by atoms with Crippen molar-refractivity contribution >= 4 is 5.91 Å². The van der Waals surface area contributed by atoms with E-state index < -0.39 is 0 Å². The molecule has 1 saturated carbocycles. The molecule has 0 saturated heterocycles. The molecule has 1 fully saturated rings. The molecule has 1 aliphatic carbocycles. The van der Waals surface area contributed by atoms with Gasteiger partial charge in [0.05, 0.1) is 5.69 Å². The number of nitrogens with one attached hydrogen (secondary N) is 1. The third-order valence-electron chi connectivity index (χ3n) is 4.63. The molecule has 1 heterocycles. The molecular formula is C18H23N3O. The summed E-state index contributed by atoms with van der Waals surface area (Å²) in [5, 5.41) is 7.47. The number of nitrogens with zero attached hydrogens (tertiary/aromatic N) is 2. The van der Waals surface area contributed by atoms with Crippen LogP contribution in [-0.2, 0) is 0 Å². The standard InChI is InChI=1S/C18H23N3O/c1-13-5-3-4-6-17(13)20-18(22)15-7-9-16(10-8-15)21-14(2)11-12-19-21/h7-13,17H,3-6H2,1-2H3,(H,20,22). The second-order valence-corrected chi connectivity index (χ2v) is 6.27. The predicted molar refractivity (Wildman–Crippen MR) is 87.2 cm³/mol. The van der Waals surface area contributed by atoms with E-state index in [-0.39, 0.29) is 5.91 Å². The lowest BCUT2D eigenvalue weighted by molar-refractivity contribution is 0.0910. The lowest BCUT2D eigenvalue weighted by Crippen LogP contribution is -2.41. The van der Waals surface area contributed by atoms with Gasteiger partial charge in [-0.3, -0.25) is 4.79 Å². The van der Waals surface area contributed by atoms with Crippen LogP contribution in [0, 0.1) is 12.8 Å². The van der Waals surface area contributed by atoms with E-state index in [1.807, 2.05) is 41.9 Å². The summed E-state index contributed by atoms with van der Waals surface area (Å²) >= 11 is 0. The lowest BCUT2D eigenvalue weighted by atomic mass is 9.86. The number of amides is 1.